The summed E-state index contributed by atoms with van der Waals surface area (Å²) in [6.07, 6.45) is 0. The van der Waals surface area contributed by atoms with Crippen LogP contribution in [0.15, 0.2) is 0 Å². The van der Waals surface area contributed by atoms with E-state index in [1.54, 1.807) is 11.8 Å². The lowest BCUT2D eigenvalue weighted by atomic mass is 9.97. The molecule has 0 saturated carbocycles. The smallest absolute Gasteiger partial charge is 0.246 e. The van der Waals surface area contributed by atoms with Crippen LogP contribution in [-0.4, -0.2) is 35.3 Å². The second-order valence-corrected chi connectivity index (χ2v) is 5.29. The Kier molecular flexibility index (Phi) is 3.94. The van der Waals surface area contributed by atoms with Crippen molar-refractivity contribution in [2.45, 2.75) is 46.7 Å². The lowest BCUT2D eigenvalue weighted by Gasteiger charge is -2.39. The quantitative estimate of drug-likeness (QED) is 0.781. The van der Waals surface area contributed by atoms with Gasteiger partial charge in [0, 0.05) is 6.54 Å². The predicted octanol–water partition coefficient (Wildman–Crippen LogP) is 1.01. The molecule has 1 aliphatic rings. The lowest BCUT2D eigenvalue weighted by molar-refractivity contribution is -0.150. The molecular formula is C12H22N2O2. The van der Waals surface area contributed by atoms with Crippen LogP contribution in [0, 0.1) is 11.8 Å². The van der Waals surface area contributed by atoms with Gasteiger partial charge in [0.2, 0.25) is 11.8 Å². The number of carbonyl (C=O) groups excluding carboxylic acids is 2. The highest BCUT2D eigenvalue weighted by Crippen LogP contribution is 2.16. The highest BCUT2D eigenvalue weighted by Gasteiger charge is 2.39. The van der Waals surface area contributed by atoms with E-state index in [2.05, 4.69) is 19.2 Å². The molecule has 1 N–H and O–H groups in total. The Morgan fingerprint density at radius 1 is 1.25 bits per heavy atom. The Balaban J connectivity index is 2.86. The summed E-state index contributed by atoms with van der Waals surface area (Å²) < 4.78 is 0. The third-order valence-corrected chi connectivity index (χ3v) is 2.92. The molecule has 2 atom stereocenters. The van der Waals surface area contributed by atoms with Crippen LogP contribution in [0.1, 0.15) is 34.6 Å². The Labute approximate surface area is 97.4 Å². The zero-order valence-electron chi connectivity index (χ0n) is 10.8. The molecule has 1 rings (SSSR count). The van der Waals surface area contributed by atoms with Crippen LogP contribution in [-0.2, 0) is 9.59 Å². The first-order valence-corrected chi connectivity index (χ1v) is 5.95. The van der Waals surface area contributed by atoms with Crippen molar-refractivity contribution < 1.29 is 9.59 Å². The summed E-state index contributed by atoms with van der Waals surface area (Å²) in [5.41, 5.74) is 0. The summed E-state index contributed by atoms with van der Waals surface area (Å²) in [6.45, 7) is 10.4. The number of carbonyl (C=O) groups is 2. The third-order valence-electron chi connectivity index (χ3n) is 2.92. The minimum absolute atomic E-state index is 0.0426. The normalized spacial score (nSPS) is 26.6. The summed E-state index contributed by atoms with van der Waals surface area (Å²) in [5, 5.41) is 2.79. The van der Waals surface area contributed by atoms with Crippen LogP contribution >= 0.6 is 0 Å². The van der Waals surface area contributed by atoms with E-state index in [0.29, 0.717) is 12.5 Å². The number of hydrogen-bond donors (Lipinski definition) is 1. The summed E-state index contributed by atoms with van der Waals surface area (Å²) in [7, 11) is 0. The minimum Gasteiger partial charge on any atom is -0.342 e. The van der Waals surface area contributed by atoms with Gasteiger partial charge in [-0.15, -0.1) is 0 Å². The fourth-order valence-corrected chi connectivity index (χ4v) is 1.94. The fraction of sp³-hybridized carbons (Fsp3) is 0.833. The molecule has 1 fully saturated rings. The average Bonchev–Trinajstić information content (AvgIpc) is 2.17. The van der Waals surface area contributed by atoms with E-state index in [-0.39, 0.29) is 29.8 Å². The second-order valence-electron chi connectivity index (χ2n) is 5.29. The molecule has 2 amide bonds. The van der Waals surface area contributed by atoms with Crippen molar-refractivity contribution in [3.63, 3.8) is 0 Å². The van der Waals surface area contributed by atoms with Gasteiger partial charge < -0.3 is 10.2 Å². The zero-order chi connectivity index (χ0) is 12.5. The van der Waals surface area contributed by atoms with Crippen LogP contribution in [0.2, 0.25) is 0 Å². The van der Waals surface area contributed by atoms with Crippen molar-refractivity contribution in [2.75, 3.05) is 6.54 Å². The van der Waals surface area contributed by atoms with Crippen LogP contribution in [0.25, 0.3) is 0 Å². The number of piperazine rings is 1. The van der Waals surface area contributed by atoms with Gasteiger partial charge in [-0.05, 0) is 18.8 Å². The van der Waals surface area contributed by atoms with Crippen molar-refractivity contribution in [2.24, 2.45) is 11.8 Å². The SMILES string of the molecule is CC(C)CN1C(=O)C(C(C)C)NC(=O)C1C. The molecule has 16 heavy (non-hydrogen) atoms. The lowest BCUT2D eigenvalue weighted by Crippen LogP contribution is -2.64. The highest BCUT2D eigenvalue weighted by atomic mass is 16.2. The van der Waals surface area contributed by atoms with Gasteiger partial charge in [-0.2, -0.15) is 0 Å². The average molecular weight is 226 g/mol. The minimum atomic E-state index is -0.359. The molecule has 0 aromatic heterocycles. The standard InChI is InChI=1S/C12H22N2O2/c1-7(2)6-14-9(5)11(15)13-10(8(3)4)12(14)16/h7-10H,6H2,1-5H3,(H,13,15). The molecule has 92 valence electrons. The van der Waals surface area contributed by atoms with E-state index in [1.807, 2.05) is 13.8 Å². The second kappa shape index (κ2) is 4.85. The van der Waals surface area contributed by atoms with Crippen molar-refractivity contribution in [3.05, 3.63) is 0 Å². The van der Waals surface area contributed by atoms with Crippen LogP contribution in [0.3, 0.4) is 0 Å². The predicted molar refractivity (Wildman–Crippen MR) is 62.8 cm³/mol. The molecule has 0 radical (unpaired) electrons. The molecule has 0 aromatic rings. The van der Waals surface area contributed by atoms with Gasteiger partial charge in [-0.25, -0.2) is 0 Å². The molecule has 4 nitrogen and oxygen atoms in total. The van der Waals surface area contributed by atoms with E-state index in [4.69, 9.17) is 0 Å². The summed E-state index contributed by atoms with van der Waals surface area (Å²) in [4.78, 5) is 25.6. The first-order chi connectivity index (χ1) is 7.34. The fourth-order valence-electron chi connectivity index (χ4n) is 1.94. The molecule has 0 aromatic carbocycles. The number of hydrogen-bond acceptors (Lipinski definition) is 2. The Morgan fingerprint density at radius 3 is 2.25 bits per heavy atom. The Bertz CT molecular complexity index is 287. The molecule has 0 spiro atoms. The first kappa shape index (κ1) is 13.0. The summed E-state index contributed by atoms with van der Waals surface area (Å²) in [6, 6.07) is -0.702. The van der Waals surface area contributed by atoms with Crippen molar-refractivity contribution in [1.29, 1.82) is 0 Å². The van der Waals surface area contributed by atoms with Gasteiger partial charge in [-0.1, -0.05) is 27.7 Å². The molecule has 1 aliphatic heterocycles. The molecule has 0 aliphatic carbocycles. The van der Waals surface area contributed by atoms with Gasteiger partial charge in [0.05, 0.1) is 0 Å². The largest absolute Gasteiger partial charge is 0.342 e. The number of nitrogens with one attached hydrogen (secondary N) is 1. The maximum Gasteiger partial charge on any atom is 0.246 e. The van der Waals surface area contributed by atoms with Crippen molar-refractivity contribution in [3.8, 4) is 0 Å². The van der Waals surface area contributed by atoms with Gasteiger partial charge >= 0.3 is 0 Å². The molecule has 1 heterocycles. The van der Waals surface area contributed by atoms with Gasteiger partial charge in [0.25, 0.3) is 0 Å². The molecule has 1 saturated heterocycles. The number of nitrogens with zero attached hydrogens (tertiary/aromatic N) is 1. The highest BCUT2D eigenvalue weighted by molar-refractivity contribution is 5.96. The van der Waals surface area contributed by atoms with Crippen LogP contribution in [0.5, 0.6) is 0 Å². The van der Waals surface area contributed by atoms with Gasteiger partial charge in [-0.3, -0.25) is 9.59 Å². The van der Waals surface area contributed by atoms with Crippen LogP contribution in [0.4, 0.5) is 0 Å². The molecular weight excluding hydrogens is 204 g/mol. The van der Waals surface area contributed by atoms with E-state index < -0.39 is 0 Å². The first-order valence-electron chi connectivity index (χ1n) is 5.95. The number of rotatable bonds is 3. The number of amides is 2. The van der Waals surface area contributed by atoms with Gasteiger partial charge in [0.1, 0.15) is 12.1 Å². The topological polar surface area (TPSA) is 49.4 Å². The maximum absolute atomic E-state index is 12.2. The third kappa shape index (κ3) is 2.54. The van der Waals surface area contributed by atoms with E-state index in [0.717, 1.165) is 0 Å². The zero-order valence-corrected chi connectivity index (χ0v) is 10.8. The van der Waals surface area contributed by atoms with Crippen molar-refractivity contribution >= 4 is 11.8 Å². The van der Waals surface area contributed by atoms with E-state index in [9.17, 15) is 9.59 Å². The monoisotopic (exact) mass is 226 g/mol. The molecule has 0 bridgehead atoms. The van der Waals surface area contributed by atoms with Gasteiger partial charge in [0.15, 0.2) is 0 Å². The Morgan fingerprint density at radius 2 is 1.81 bits per heavy atom. The van der Waals surface area contributed by atoms with Crippen molar-refractivity contribution in [1.82, 2.24) is 10.2 Å². The Hall–Kier alpha value is -1.06. The van der Waals surface area contributed by atoms with E-state index >= 15 is 0 Å². The maximum atomic E-state index is 12.2. The summed E-state index contributed by atoms with van der Waals surface area (Å²) in [5.74, 6) is 0.526. The van der Waals surface area contributed by atoms with Crippen LogP contribution < -0.4 is 5.32 Å². The van der Waals surface area contributed by atoms with E-state index in [1.165, 1.54) is 0 Å². The molecule has 2 unspecified atom stereocenters. The molecule has 4 heteroatoms. The summed E-state index contributed by atoms with van der Waals surface area (Å²) >= 11 is 0.